The first kappa shape index (κ1) is 16.7. The van der Waals surface area contributed by atoms with Gasteiger partial charge in [-0.15, -0.1) is 0 Å². The number of nitrogens with two attached hydrogens (primary N) is 1. The first-order valence-corrected chi connectivity index (χ1v) is 6.14. The van der Waals surface area contributed by atoms with Gasteiger partial charge in [0, 0.05) is 6.54 Å². The zero-order valence-corrected chi connectivity index (χ0v) is 11.3. The number of nitrogens with zero attached hydrogens (tertiary/aromatic N) is 1. The Morgan fingerprint density at radius 1 is 1.33 bits per heavy atom. The summed E-state index contributed by atoms with van der Waals surface area (Å²) < 4.78 is 37.7. The molecule has 1 aromatic heterocycles. The van der Waals surface area contributed by atoms with Crippen molar-refractivity contribution >= 4 is 17.6 Å². The van der Waals surface area contributed by atoms with E-state index in [1.165, 1.54) is 0 Å². The number of carbonyl (C=O) groups excluding carboxylic acids is 2. The van der Waals surface area contributed by atoms with Crippen molar-refractivity contribution in [2.45, 2.75) is 19.5 Å². The van der Waals surface area contributed by atoms with Gasteiger partial charge in [0.05, 0.1) is 12.1 Å². The van der Waals surface area contributed by atoms with Gasteiger partial charge in [-0.2, -0.15) is 13.2 Å². The van der Waals surface area contributed by atoms with E-state index in [9.17, 15) is 22.8 Å². The molecule has 1 aromatic rings. The summed E-state index contributed by atoms with van der Waals surface area (Å²) in [7, 11) is 0. The third kappa shape index (κ3) is 4.93. The summed E-state index contributed by atoms with van der Waals surface area (Å²) >= 11 is 0. The number of amides is 2. The van der Waals surface area contributed by atoms with Crippen LogP contribution in [0.4, 0.5) is 19.0 Å². The monoisotopic (exact) mass is 304 g/mol. The van der Waals surface area contributed by atoms with Crippen LogP contribution in [0.5, 0.6) is 0 Å². The molecule has 0 radical (unpaired) electrons. The number of alkyl halides is 3. The van der Waals surface area contributed by atoms with Gasteiger partial charge in [-0.05, 0) is 18.6 Å². The Hall–Kier alpha value is -2.32. The number of halogens is 3. The van der Waals surface area contributed by atoms with E-state index in [-0.39, 0.29) is 17.9 Å². The lowest BCUT2D eigenvalue weighted by atomic mass is 10.2. The summed E-state index contributed by atoms with van der Waals surface area (Å²) in [6.45, 7) is 1.99. The van der Waals surface area contributed by atoms with Crippen molar-refractivity contribution in [3.8, 4) is 0 Å². The van der Waals surface area contributed by atoms with Crippen LogP contribution in [0.1, 0.15) is 29.4 Å². The van der Waals surface area contributed by atoms with E-state index in [1.54, 1.807) is 0 Å². The third-order valence-corrected chi connectivity index (χ3v) is 2.44. The maximum Gasteiger partial charge on any atom is 0.433 e. The SMILES string of the molecule is CCCNC(=O)CNc1nc(C(F)(F)F)ccc1C(N)=O. The predicted octanol–water partition coefficient (Wildman–Crippen LogP) is 1.14. The molecule has 0 aliphatic rings. The topological polar surface area (TPSA) is 97.1 Å². The quantitative estimate of drug-likeness (QED) is 0.734. The fourth-order valence-electron chi connectivity index (χ4n) is 1.44. The molecular formula is C12H15F3N4O2. The third-order valence-electron chi connectivity index (χ3n) is 2.44. The highest BCUT2D eigenvalue weighted by Gasteiger charge is 2.33. The molecule has 0 bridgehead atoms. The van der Waals surface area contributed by atoms with Gasteiger partial charge >= 0.3 is 6.18 Å². The molecule has 1 rings (SSSR count). The highest BCUT2D eigenvalue weighted by atomic mass is 19.4. The van der Waals surface area contributed by atoms with Crippen LogP contribution in [0.2, 0.25) is 0 Å². The summed E-state index contributed by atoms with van der Waals surface area (Å²) in [6, 6.07) is 1.58. The van der Waals surface area contributed by atoms with E-state index in [4.69, 9.17) is 5.73 Å². The van der Waals surface area contributed by atoms with Crippen LogP contribution in [-0.4, -0.2) is 29.9 Å². The number of hydrogen-bond donors (Lipinski definition) is 3. The lowest BCUT2D eigenvalue weighted by Crippen LogP contribution is -2.31. The van der Waals surface area contributed by atoms with Gasteiger partial charge < -0.3 is 16.4 Å². The minimum absolute atomic E-state index is 0.216. The van der Waals surface area contributed by atoms with Crippen molar-refractivity contribution in [1.29, 1.82) is 0 Å². The molecule has 0 atom stereocenters. The van der Waals surface area contributed by atoms with Crippen molar-refractivity contribution in [3.63, 3.8) is 0 Å². The van der Waals surface area contributed by atoms with Crippen LogP contribution in [0.15, 0.2) is 12.1 Å². The second-order valence-electron chi connectivity index (χ2n) is 4.16. The molecule has 0 fully saturated rings. The molecule has 0 aliphatic heterocycles. The number of hydrogen-bond acceptors (Lipinski definition) is 4. The Kier molecular flexibility index (Phi) is 5.51. The first-order valence-electron chi connectivity index (χ1n) is 6.14. The molecule has 116 valence electrons. The fourth-order valence-corrected chi connectivity index (χ4v) is 1.44. The largest absolute Gasteiger partial charge is 0.433 e. The molecule has 9 heteroatoms. The van der Waals surface area contributed by atoms with Gasteiger partial charge in [0.25, 0.3) is 5.91 Å². The zero-order chi connectivity index (χ0) is 16.0. The minimum Gasteiger partial charge on any atom is -0.365 e. The number of pyridine rings is 1. The van der Waals surface area contributed by atoms with Crippen LogP contribution in [0.3, 0.4) is 0 Å². The van der Waals surface area contributed by atoms with Crippen LogP contribution in [-0.2, 0) is 11.0 Å². The molecule has 1 heterocycles. The smallest absolute Gasteiger partial charge is 0.365 e. The van der Waals surface area contributed by atoms with Gasteiger partial charge in [0.1, 0.15) is 11.5 Å². The van der Waals surface area contributed by atoms with Gasteiger partial charge in [-0.25, -0.2) is 4.98 Å². The summed E-state index contributed by atoms with van der Waals surface area (Å²) in [5.74, 6) is -1.73. The minimum atomic E-state index is -4.66. The molecule has 0 spiro atoms. The lowest BCUT2D eigenvalue weighted by molar-refractivity contribution is -0.141. The number of aromatic nitrogens is 1. The normalized spacial score (nSPS) is 11.0. The molecule has 0 aliphatic carbocycles. The number of primary amides is 1. The van der Waals surface area contributed by atoms with Gasteiger partial charge in [0.2, 0.25) is 5.91 Å². The average molecular weight is 304 g/mol. The Morgan fingerprint density at radius 2 is 2.00 bits per heavy atom. The lowest BCUT2D eigenvalue weighted by Gasteiger charge is -2.12. The number of nitrogens with one attached hydrogen (secondary N) is 2. The Bertz CT molecular complexity index is 532. The van der Waals surface area contributed by atoms with Crippen molar-refractivity contribution < 1.29 is 22.8 Å². The Morgan fingerprint density at radius 3 is 2.52 bits per heavy atom. The van der Waals surface area contributed by atoms with E-state index >= 15 is 0 Å². The van der Waals surface area contributed by atoms with Gasteiger partial charge in [-0.3, -0.25) is 9.59 Å². The second-order valence-corrected chi connectivity index (χ2v) is 4.16. The summed E-state index contributed by atoms with van der Waals surface area (Å²) in [5.41, 5.74) is 3.67. The number of anilines is 1. The van der Waals surface area contributed by atoms with E-state index in [1.807, 2.05) is 6.92 Å². The Labute approximate surface area is 118 Å². The van der Waals surface area contributed by atoms with Crippen molar-refractivity contribution in [2.24, 2.45) is 5.73 Å². The number of rotatable bonds is 6. The molecule has 2 amide bonds. The molecule has 0 unspecified atom stereocenters. The maximum atomic E-state index is 12.6. The van der Waals surface area contributed by atoms with Crippen LogP contribution < -0.4 is 16.4 Å². The fraction of sp³-hybridized carbons (Fsp3) is 0.417. The standard InChI is InChI=1S/C12H15F3N4O2/c1-2-5-17-9(20)6-18-11-7(10(16)21)3-4-8(19-11)12(13,14)15/h3-4H,2,5-6H2,1H3,(H2,16,21)(H,17,20)(H,18,19). The van der Waals surface area contributed by atoms with Crippen LogP contribution in [0, 0.1) is 0 Å². The average Bonchev–Trinajstić information content (AvgIpc) is 2.41. The molecular weight excluding hydrogens is 289 g/mol. The van der Waals surface area contributed by atoms with Crippen molar-refractivity contribution in [2.75, 3.05) is 18.4 Å². The zero-order valence-electron chi connectivity index (χ0n) is 11.3. The van der Waals surface area contributed by atoms with E-state index in [0.717, 1.165) is 12.5 Å². The summed E-state index contributed by atoms with van der Waals surface area (Å²) in [4.78, 5) is 25.9. The van der Waals surface area contributed by atoms with Gasteiger partial charge in [0.15, 0.2) is 0 Å². The maximum absolute atomic E-state index is 12.6. The van der Waals surface area contributed by atoms with Crippen molar-refractivity contribution in [3.05, 3.63) is 23.4 Å². The molecule has 21 heavy (non-hydrogen) atoms. The summed E-state index contributed by atoms with van der Waals surface area (Å²) in [6.07, 6.45) is -3.93. The first-order chi connectivity index (χ1) is 9.75. The summed E-state index contributed by atoms with van der Waals surface area (Å²) in [5, 5.41) is 4.92. The number of carbonyl (C=O) groups is 2. The predicted molar refractivity (Wildman–Crippen MR) is 69.5 cm³/mol. The van der Waals surface area contributed by atoms with Crippen molar-refractivity contribution in [1.82, 2.24) is 10.3 Å². The van der Waals surface area contributed by atoms with Crippen LogP contribution in [0.25, 0.3) is 0 Å². The highest BCUT2D eigenvalue weighted by Crippen LogP contribution is 2.29. The van der Waals surface area contributed by atoms with Gasteiger partial charge in [-0.1, -0.05) is 6.92 Å². The van der Waals surface area contributed by atoms with E-state index in [2.05, 4.69) is 15.6 Å². The molecule has 4 N–H and O–H groups in total. The highest BCUT2D eigenvalue weighted by molar-refractivity contribution is 5.98. The Balaban J connectivity index is 2.91. The van der Waals surface area contributed by atoms with Crippen LogP contribution >= 0.6 is 0 Å². The molecule has 0 aromatic carbocycles. The molecule has 0 saturated carbocycles. The van der Waals surface area contributed by atoms with E-state index < -0.39 is 23.7 Å². The molecule has 6 nitrogen and oxygen atoms in total. The molecule has 0 saturated heterocycles. The second kappa shape index (κ2) is 6.91. The van der Waals surface area contributed by atoms with E-state index in [0.29, 0.717) is 12.6 Å².